The quantitative estimate of drug-likeness (QED) is 0.789. The first-order chi connectivity index (χ1) is 10.7. The van der Waals surface area contributed by atoms with E-state index in [1.54, 1.807) is 4.90 Å². The average Bonchev–Trinajstić information content (AvgIpc) is 3.04. The summed E-state index contributed by atoms with van der Waals surface area (Å²) in [4.78, 5) is 26.0. The van der Waals surface area contributed by atoms with Crippen molar-refractivity contribution in [2.45, 2.75) is 39.0 Å². The minimum Gasteiger partial charge on any atom is -0.356 e. The highest BCUT2D eigenvalue weighted by Crippen LogP contribution is 2.20. The van der Waals surface area contributed by atoms with Crippen LogP contribution in [0.3, 0.4) is 0 Å². The van der Waals surface area contributed by atoms with Crippen molar-refractivity contribution in [3.05, 3.63) is 17.5 Å². The van der Waals surface area contributed by atoms with E-state index >= 15 is 0 Å². The third-order valence-corrected chi connectivity index (χ3v) is 4.77. The molecule has 0 spiro atoms. The van der Waals surface area contributed by atoms with Crippen LogP contribution in [0.5, 0.6) is 0 Å². The van der Waals surface area contributed by atoms with E-state index in [4.69, 9.17) is 0 Å². The van der Waals surface area contributed by atoms with Crippen LogP contribution >= 0.6 is 11.3 Å². The molecule has 0 radical (unpaired) electrons. The van der Waals surface area contributed by atoms with Crippen LogP contribution in [0.2, 0.25) is 0 Å². The summed E-state index contributed by atoms with van der Waals surface area (Å²) in [5, 5.41) is 8.70. The Morgan fingerprint density at radius 3 is 2.73 bits per heavy atom. The second-order valence-corrected chi connectivity index (χ2v) is 6.61. The van der Waals surface area contributed by atoms with E-state index in [-0.39, 0.29) is 17.9 Å². The molecule has 2 heterocycles. The van der Waals surface area contributed by atoms with Gasteiger partial charge in [-0.2, -0.15) is 0 Å². The monoisotopic (exact) mass is 323 g/mol. The number of urea groups is 1. The number of thiophene rings is 1. The lowest BCUT2D eigenvalue weighted by molar-refractivity contribution is -0.126. The fourth-order valence-electron chi connectivity index (χ4n) is 2.61. The van der Waals surface area contributed by atoms with Crippen molar-refractivity contribution in [2.75, 3.05) is 25.0 Å². The molecule has 1 aromatic heterocycles. The summed E-state index contributed by atoms with van der Waals surface area (Å²) in [5.74, 6) is 0.196. The number of anilines is 1. The summed E-state index contributed by atoms with van der Waals surface area (Å²) in [7, 11) is 0. The maximum Gasteiger partial charge on any atom is 0.322 e. The van der Waals surface area contributed by atoms with E-state index in [1.165, 1.54) is 11.3 Å². The maximum atomic E-state index is 12.1. The molecule has 0 bridgehead atoms. The number of nitrogens with one attached hydrogen (secondary N) is 2. The van der Waals surface area contributed by atoms with E-state index < -0.39 is 0 Å². The highest BCUT2D eigenvalue weighted by molar-refractivity contribution is 7.14. The Morgan fingerprint density at radius 1 is 1.32 bits per heavy atom. The second kappa shape index (κ2) is 8.78. The maximum absolute atomic E-state index is 12.1. The van der Waals surface area contributed by atoms with Crippen LogP contribution < -0.4 is 10.6 Å². The molecule has 0 unspecified atom stereocenters. The predicted octanol–water partition coefficient (Wildman–Crippen LogP) is 3.30. The zero-order valence-corrected chi connectivity index (χ0v) is 14.0. The van der Waals surface area contributed by atoms with E-state index in [1.807, 2.05) is 17.5 Å². The molecular formula is C16H25N3O2S. The smallest absolute Gasteiger partial charge is 0.322 e. The Balaban J connectivity index is 1.68. The Bertz CT molecular complexity index is 468. The van der Waals surface area contributed by atoms with Crippen LogP contribution in [0.15, 0.2) is 17.5 Å². The number of hydrogen-bond acceptors (Lipinski definition) is 3. The van der Waals surface area contributed by atoms with Crippen LogP contribution in [0, 0.1) is 5.92 Å². The number of amides is 3. The topological polar surface area (TPSA) is 61.4 Å². The Morgan fingerprint density at radius 2 is 2.09 bits per heavy atom. The van der Waals surface area contributed by atoms with E-state index in [2.05, 4.69) is 17.6 Å². The molecule has 2 N–H and O–H groups in total. The fourth-order valence-corrected chi connectivity index (χ4v) is 3.22. The molecule has 1 aliphatic rings. The van der Waals surface area contributed by atoms with Crippen molar-refractivity contribution in [3.63, 3.8) is 0 Å². The molecule has 0 atom stereocenters. The largest absolute Gasteiger partial charge is 0.356 e. The number of nitrogens with zero attached hydrogens (tertiary/aromatic N) is 1. The molecule has 0 saturated carbocycles. The SMILES string of the molecule is CCCCCNC(=O)C1CCN(C(=O)Nc2cccs2)CC1. The van der Waals surface area contributed by atoms with Gasteiger partial charge in [0, 0.05) is 25.6 Å². The van der Waals surface area contributed by atoms with Crippen LogP contribution in [-0.2, 0) is 4.79 Å². The van der Waals surface area contributed by atoms with Crippen molar-refractivity contribution in [1.82, 2.24) is 10.2 Å². The summed E-state index contributed by atoms with van der Waals surface area (Å²) >= 11 is 1.51. The lowest BCUT2D eigenvalue weighted by atomic mass is 9.96. The van der Waals surface area contributed by atoms with E-state index in [0.717, 1.165) is 43.6 Å². The Hall–Kier alpha value is -1.56. The lowest BCUT2D eigenvalue weighted by Crippen LogP contribution is -2.44. The zero-order chi connectivity index (χ0) is 15.8. The van der Waals surface area contributed by atoms with Gasteiger partial charge in [-0.05, 0) is 36.8 Å². The number of carbonyl (C=O) groups excluding carboxylic acids is 2. The van der Waals surface area contributed by atoms with Gasteiger partial charge in [0.25, 0.3) is 0 Å². The minimum atomic E-state index is -0.0655. The lowest BCUT2D eigenvalue weighted by Gasteiger charge is -2.31. The Labute approximate surface area is 136 Å². The third kappa shape index (κ3) is 5.02. The predicted molar refractivity (Wildman–Crippen MR) is 90.2 cm³/mol. The first-order valence-electron chi connectivity index (χ1n) is 8.08. The number of piperidine rings is 1. The molecule has 1 aliphatic heterocycles. The average molecular weight is 323 g/mol. The number of rotatable bonds is 6. The van der Waals surface area contributed by atoms with Gasteiger partial charge in [-0.15, -0.1) is 11.3 Å². The number of likely N-dealkylation sites (tertiary alicyclic amines) is 1. The molecule has 1 fully saturated rings. The molecule has 1 aromatic rings. The second-order valence-electron chi connectivity index (χ2n) is 5.67. The minimum absolute atomic E-state index is 0.0485. The van der Waals surface area contributed by atoms with E-state index in [9.17, 15) is 9.59 Å². The van der Waals surface area contributed by atoms with Crippen molar-refractivity contribution >= 4 is 28.3 Å². The van der Waals surface area contributed by atoms with Crippen molar-refractivity contribution in [1.29, 1.82) is 0 Å². The van der Waals surface area contributed by atoms with Gasteiger partial charge in [0.05, 0.1) is 5.00 Å². The fraction of sp³-hybridized carbons (Fsp3) is 0.625. The number of hydrogen-bond donors (Lipinski definition) is 2. The van der Waals surface area contributed by atoms with Crippen LogP contribution in [0.25, 0.3) is 0 Å². The van der Waals surface area contributed by atoms with Crippen LogP contribution in [0.1, 0.15) is 39.0 Å². The van der Waals surface area contributed by atoms with Crippen molar-refractivity contribution in [2.24, 2.45) is 5.92 Å². The van der Waals surface area contributed by atoms with E-state index in [0.29, 0.717) is 13.1 Å². The number of unbranched alkanes of at least 4 members (excludes halogenated alkanes) is 2. The highest BCUT2D eigenvalue weighted by Gasteiger charge is 2.27. The summed E-state index contributed by atoms with van der Waals surface area (Å²) in [6.07, 6.45) is 4.86. The summed E-state index contributed by atoms with van der Waals surface area (Å²) in [6, 6.07) is 3.73. The van der Waals surface area contributed by atoms with Gasteiger partial charge >= 0.3 is 6.03 Å². The van der Waals surface area contributed by atoms with Gasteiger partial charge in [-0.3, -0.25) is 10.1 Å². The standard InChI is InChI=1S/C16H25N3O2S/c1-2-3-4-9-17-15(20)13-7-10-19(11-8-13)16(21)18-14-6-5-12-22-14/h5-6,12-13H,2-4,7-11H2,1H3,(H,17,20)(H,18,21). The molecule has 0 aliphatic carbocycles. The first-order valence-corrected chi connectivity index (χ1v) is 8.95. The summed E-state index contributed by atoms with van der Waals surface area (Å²) < 4.78 is 0. The molecule has 22 heavy (non-hydrogen) atoms. The zero-order valence-electron chi connectivity index (χ0n) is 13.1. The van der Waals surface area contributed by atoms with Crippen molar-refractivity contribution in [3.8, 4) is 0 Å². The molecule has 1 saturated heterocycles. The molecule has 122 valence electrons. The molecule has 6 heteroatoms. The summed E-state index contributed by atoms with van der Waals surface area (Å²) in [6.45, 7) is 4.21. The van der Waals surface area contributed by atoms with Crippen molar-refractivity contribution < 1.29 is 9.59 Å². The summed E-state index contributed by atoms with van der Waals surface area (Å²) in [5.41, 5.74) is 0. The van der Waals surface area contributed by atoms with Crippen LogP contribution in [0.4, 0.5) is 9.80 Å². The third-order valence-electron chi connectivity index (χ3n) is 3.98. The van der Waals surface area contributed by atoms with Gasteiger partial charge < -0.3 is 10.2 Å². The molecule has 3 amide bonds. The molecule has 2 rings (SSSR count). The van der Waals surface area contributed by atoms with Gasteiger partial charge in [-0.25, -0.2) is 4.79 Å². The molecule has 5 nitrogen and oxygen atoms in total. The first kappa shape index (κ1) is 16.8. The molecular weight excluding hydrogens is 298 g/mol. The van der Waals surface area contributed by atoms with Gasteiger partial charge in [0.15, 0.2) is 0 Å². The van der Waals surface area contributed by atoms with Crippen LogP contribution in [-0.4, -0.2) is 36.5 Å². The highest BCUT2D eigenvalue weighted by atomic mass is 32.1. The van der Waals surface area contributed by atoms with Gasteiger partial charge in [0.2, 0.25) is 5.91 Å². The Kier molecular flexibility index (Phi) is 6.71. The van der Waals surface area contributed by atoms with Gasteiger partial charge in [0.1, 0.15) is 0 Å². The molecule has 0 aromatic carbocycles. The normalized spacial score (nSPS) is 15.6. The number of carbonyl (C=O) groups is 2. The van der Waals surface area contributed by atoms with Gasteiger partial charge in [-0.1, -0.05) is 19.8 Å².